The zero-order chi connectivity index (χ0) is 11.6. The molecule has 0 radical (unpaired) electrons. The predicted molar refractivity (Wildman–Crippen MR) is 61.7 cm³/mol. The van der Waals surface area contributed by atoms with E-state index < -0.39 is 9.84 Å². The summed E-state index contributed by atoms with van der Waals surface area (Å²) < 4.78 is 23.8. The SMILES string of the molecule is Nc1ccc(S(=O)(=O)Cc2nncs2)cc1. The number of nitrogen functional groups attached to an aromatic ring is 1. The van der Waals surface area contributed by atoms with Crippen molar-refractivity contribution in [3.05, 3.63) is 34.8 Å². The van der Waals surface area contributed by atoms with Crippen LogP contribution in [0.5, 0.6) is 0 Å². The van der Waals surface area contributed by atoms with E-state index in [1.807, 2.05) is 0 Å². The molecule has 0 amide bonds. The molecular formula is C9H9N3O2S2. The van der Waals surface area contributed by atoms with Crippen molar-refractivity contribution in [3.63, 3.8) is 0 Å². The summed E-state index contributed by atoms with van der Waals surface area (Å²) in [6, 6.07) is 6.11. The zero-order valence-electron chi connectivity index (χ0n) is 8.20. The molecule has 0 aliphatic rings. The second kappa shape index (κ2) is 4.18. The van der Waals surface area contributed by atoms with Crippen molar-refractivity contribution in [1.82, 2.24) is 10.2 Å². The Hall–Kier alpha value is -1.47. The molecule has 1 heterocycles. The Labute approximate surface area is 96.9 Å². The van der Waals surface area contributed by atoms with Gasteiger partial charge in [0.25, 0.3) is 0 Å². The van der Waals surface area contributed by atoms with E-state index in [0.29, 0.717) is 10.7 Å². The molecule has 0 fully saturated rings. The molecule has 0 spiro atoms. The van der Waals surface area contributed by atoms with Gasteiger partial charge in [0, 0.05) is 5.69 Å². The Morgan fingerprint density at radius 3 is 2.50 bits per heavy atom. The van der Waals surface area contributed by atoms with Gasteiger partial charge in [-0.05, 0) is 24.3 Å². The number of benzene rings is 1. The van der Waals surface area contributed by atoms with E-state index in [0.717, 1.165) is 0 Å². The van der Waals surface area contributed by atoms with Gasteiger partial charge in [-0.25, -0.2) is 8.42 Å². The third kappa shape index (κ3) is 2.37. The highest BCUT2D eigenvalue weighted by Crippen LogP contribution is 2.18. The van der Waals surface area contributed by atoms with Crippen LogP contribution in [0.3, 0.4) is 0 Å². The molecule has 7 heteroatoms. The van der Waals surface area contributed by atoms with Crippen molar-refractivity contribution in [2.75, 3.05) is 5.73 Å². The minimum atomic E-state index is -3.35. The molecule has 2 N–H and O–H groups in total. The van der Waals surface area contributed by atoms with E-state index in [1.54, 1.807) is 12.1 Å². The molecule has 5 nitrogen and oxygen atoms in total. The number of sulfone groups is 1. The van der Waals surface area contributed by atoms with Gasteiger partial charge in [0.15, 0.2) is 9.84 Å². The molecule has 2 rings (SSSR count). The molecule has 0 saturated heterocycles. The van der Waals surface area contributed by atoms with Gasteiger partial charge in [0.2, 0.25) is 0 Å². The molecule has 0 aliphatic carbocycles. The Morgan fingerprint density at radius 2 is 1.94 bits per heavy atom. The monoisotopic (exact) mass is 255 g/mol. The normalized spacial score (nSPS) is 11.5. The molecular weight excluding hydrogens is 246 g/mol. The van der Waals surface area contributed by atoms with E-state index in [9.17, 15) is 8.42 Å². The van der Waals surface area contributed by atoms with Crippen molar-refractivity contribution in [3.8, 4) is 0 Å². The lowest BCUT2D eigenvalue weighted by Gasteiger charge is -2.02. The van der Waals surface area contributed by atoms with Gasteiger partial charge in [-0.1, -0.05) is 0 Å². The minimum Gasteiger partial charge on any atom is -0.399 e. The van der Waals surface area contributed by atoms with E-state index in [-0.39, 0.29) is 10.6 Å². The smallest absolute Gasteiger partial charge is 0.184 e. The third-order valence-electron chi connectivity index (χ3n) is 1.96. The summed E-state index contributed by atoms with van der Waals surface area (Å²) in [6.45, 7) is 0. The topological polar surface area (TPSA) is 85.9 Å². The summed E-state index contributed by atoms with van der Waals surface area (Å²) in [6.07, 6.45) is 0. The van der Waals surface area contributed by atoms with E-state index in [4.69, 9.17) is 5.73 Å². The molecule has 2 aromatic rings. The lowest BCUT2D eigenvalue weighted by atomic mass is 10.3. The second-order valence-electron chi connectivity index (χ2n) is 3.16. The lowest BCUT2D eigenvalue weighted by molar-refractivity contribution is 0.595. The average molecular weight is 255 g/mol. The summed E-state index contributed by atoms with van der Waals surface area (Å²) in [7, 11) is -3.35. The largest absolute Gasteiger partial charge is 0.399 e. The zero-order valence-corrected chi connectivity index (χ0v) is 9.83. The molecule has 0 atom stereocenters. The number of nitrogens with zero attached hydrogens (tertiary/aromatic N) is 2. The molecule has 0 bridgehead atoms. The fourth-order valence-corrected chi connectivity index (χ4v) is 3.33. The Kier molecular flexibility index (Phi) is 2.88. The first-order valence-corrected chi connectivity index (χ1v) is 6.94. The average Bonchev–Trinajstić information content (AvgIpc) is 2.70. The van der Waals surface area contributed by atoms with Crippen molar-refractivity contribution in [2.45, 2.75) is 10.6 Å². The molecule has 84 valence electrons. The first kappa shape index (κ1) is 11.0. The van der Waals surface area contributed by atoms with Crippen LogP contribution in [0.2, 0.25) is 0 Å². The summed E-state index contributed by atoms with van der Waals surface area (Å²) in [5, 5.41) is 7.79. The van der Waals surface area contributed by atoms with Crippen LogP contribution in [0.4, 0.5) is 5.69 Å². The van der Waals surface area contributed by atoms with Crippen LogP contribution in [0.25, 0.3) is 0 Å². The number of hydrogen-bond donors (Lipinski definition) is 1. The van der Waals surface area contributed by atoms with E-state index in [2.05, 4.69) is 10.2 Å². The number of aromatic nitrogens is 2. The third-order valence-corrected chi connectivity index (χ3v) is 4.48. The number of rotatable bonds is 3. The van der Waals surface area contributed by atoms with Crippen LogP contribution in [-0.4, -0.2) is 18.6 Å². The highest BCUT2D eigenvalue weighted by atomic mass is 32.2. The molecule has 0 unspecified atom stereocenters. The summed E-state index contributed by atoms with van der Waals surface area (Å²) in [4.78, 5) is 0.247. The summed E-state index contributed by atoms with van der Waals surface area (Å²) >= 11 is 1.22. The first-order chi connectivity index (χ1) is 7.58. The molecule has 16 heavy (non-hydrogen) atoms. The van der Waals surface area contributed by atoms with Crippen molar-refractivity contribution >= 4 is 26.9 Å². The predicted octanol–water partition coefficient (Wildman–Crippen LogP) is 1.09. The van der Waals surface area contributed by atoms with Crippen molar-refractivity contribution < 1.29 is 8.42 Å². The molecule has 1 aromatic carbocycles. The van der Waals surface area contributed by atoms with Gasteiger partial charge in [-0.2, -0.15) is 0 Å². The fraction of sp³-hybridized carbons (Fsp3) is 0.111. The van der Waals surface area contributed by atoms with Crippen molar-refractivity contribution in [2.24, 2.45) is 0 Å². The summed E-state index contributed by atoms with van der Waals surface area (Å²) in [5.74, 6) is -0.123. The maximum absolute atomic E-state index is 11.9. The van der Waals surface area contributed by atoms with Crippen LogP contribution in [-0.2, 0) is 15.6 Å². The molecule has 0 saturated carbocycles. The van der Waals surface area contributed by atoms with Gasteiger partial charge in [-0.3, -0.25) is 0 Å². The molecule has 0 aliphatic heterocycles. The Morgan fingerprint density at radius 1 is 1.25 bits per heavy atom. The highest BCUT2D eigenvalue weighted by molar-refractivity contribution is 7.90. The van der Waals surface area contributed by atoms with E-state index >= 15 is 0 Å². The van der Waals surface area contributed by atoms with Gasteiger partial charge in [-0.15, -0.1) is 21.5 Å². The van der Waals surface area contributed by atoms with Gasteiger partial charge in [0.05, 0.1) is 4.90 Å². The number of anilines is 1. The maximum atomic E-state index is 11.9. The van der Waals surface area contributed by atoms with Gasteiger partial charge < -0.3 is 5.73 Å². The Balaban J connectivity index is 2.29. The Bertz CT molecular complexity index is 561. The standard InChI is InChI=1S/C9H9N3O2S2/c10-7-1-3-8(4-2-7)16(13,14)5-9-12-11-6-15-9/h1-4,6H,5,10H2. The number of nitrogens with two attached hydrogens (primary N) is 1. The summed E-state index contributed by atoms with van der Waals surface area (Å²) in [5.41, 5.74) is 7.54. The highest BCUT2D eigenvalue weighted by Gasteiger charge is 2.16. The lowest BCUT2D eigenvalue weighted by Crippen LogP contribution is -2.04. The first-order valence-electron chi connectivity index (χ1n) is 4.41. The van der Waals surface area contributed by atoms with Crippen LogP contribution >= 0.6 is 11.3 Å². The van der Waals surface area contributed by atoms with Crippen LogP contribution in [0.1, 0.15) is 5.01 Å². The van der Waals surface area contributed by atoms with Gasteiger partial charge >= 0.3 is 0 Å². The second-order valence-corrected chi connectivity index (χ2v) is 6.07. The van der Waals surface area contributed by atoms with E-state index in [1.165, 1.54) is 29.0 Å². The molecule has 1 aromatic heterocycles. The van der Waals surface area contributed by atoms with Crippen molar-refractivity contribution in [1.29, 1.82) is 0 Å². The maximum Gasteiger partial charge on any atom is 0.184 e. The van der Waals surface area contributed by atoms with Crippen LogP contribution in [0.15, 0.2) is 34.7 Å². The quantitative estimate of drug-likeness (QED) is 0.830. The minimum absolute atomic E-state index is 0.123. The fourth-order valence-electron chi connectivity index (χ4n) is 1.18. The van der Waals surface area contributed by atoms with Crippen LogP contribution in [0, 0.1) is 0 Å². The van der Waals surface area contributed by atoms with Crippen LogP contribution < -0.4 is 5.73 Å². The van der Waals surface area contributed by atoms with Gasteiger partial charge in [0.1, 0.15) is 16.3 Å². The number of hydrogen-bond acceptors (Lipinski definition) is 6.